The number of pyridine rings is 1. The van der Waals surface area contributed by atoms with Gasteiger partial charge in [-0.25, -0.2) is 0 Å². The van der Waals surface area contributed by atoms with Crippen molar-refractivity contribution < 1.29 is 9.47 Å². The molecule has 1 aromatic heterocycles. The fourth-order valence-corrected chi connectivity index (χ4v) is 2.64. The van der Waals surface area contributed by atoms with Crippen molar-refractivity contribution >= 4 is 31.9 Å². The Hall–Kier alpha value is -1.07. The molecule has 3 nitrogen and oxygen atoms in total. The highest BCUT2D eigenvalue weighted by Crippen LogP contribution is 2.33. The largest absolute Gasteiger partial charge is 0.490 e. The van der Waals surface area contributed by atoms with E-state index in [4.69, 9.17) is 9.47 Å². The monoisotopic (exact) mass is 399 g/mol. The van der Waals surface area contributed by atoms with Crippen molar-refractivity contribution in [3.05, 3.63) is 52.3 Å². The Labute approximate surface area is 135 Å². The minimum atomic E-state index is 0.455. The van der Waals surface area contributed by atoms with Gasteiger partial charge in [-0.15, -0.1) is 0 Å². The highest BCUT2D eigenvalue weighted by atomic mass is 79.9. The summed E-state index contributed by atoms with van der Waals surface area (Å²) in [4.78, 5) is 4.13. The Morgan fingerprint density at radius 3 is 2.75 bits per heavy atom. The molecule has 0 radical (unpaired) electrons. The quantitative estimate of drug-likeness (QED) is 0.657. The molecule has 106 valence electrons. The number of nitrogens with zero attached hydrogens (tertiary/aromatic N) is 1. The van der Waals surface area contributed by atoms with Gasteiger partial charge in [-0.2, -0.15) is 0 Å². The third-order valence-corrected chi connectivity index (χ3v) is 3.69. The molecule has 0 saturated carbocycles. The average molecular weight is 401 g/mol. The molecule has 0 fully saturated rings. The van der Waals surface area contributed by atoms with Crippen LogP contribution in [0.15, 0.2) is 41.1 Å². The molecule has 1 heterocycles. The van der Waals surface area contributed by atoms with Crippen LogP contribution >= 0.6 is 31.9 Å². The molecule has 1 aromatic carbocycles. The van der Waals surface area contributed by atoms with Crippen LogP contribution in [-0.2, 0) is 11.9 Å². The molecule has 0 aliphatic rings. The summed E-state index contributed by atoms with van der Waals surface area (Å²) in [5.74, 6) is 1.55. The predicted molar refractivity (Wildman–Crippen MR) is 86.5 cm³/mol. The van der Waals surface area contributed by atoms with E-state index < -0.39 is 0 Å². The van der Waals surface area contributed by atoms with Crippen LogP contribution in [0.2, 0.25) is 0 Å². The standard InChI is InChI=1S/C15H15Br2NO2/c1-2-19-14-5-3-4-12(7-16)15(14)20-10-11-6-13(17)9-18-8-11/h3-6,8-9H,2,7,10H2,1H3. The Morgan fingerprint density at radius 1 is 1.20 bits per heavy atom. The minimum absolute atomic E-state index is 0.455. The summed E-state index contributed by atoms with van der Waals surface area (Å²) in [5.41, 5.74) is 2.07. The van der Waals surface area contributed by atoms with Crippen LogP contribution in [0, 0.1) is 0 Å². The maximum atomic E-state index is 5.94. The molecule has 0 N–H and O–H groups in total. The molecule has 0 bridgehead atoms. The van der Waals surface area contributed by atoms with Crippen molar-refractivity contribution in [2.24, 2.45) is 0 Å². The number of benzene rings is 1. The molecule has 0 amide bonds. The molecule has 0 atom stereocenters. The molecule has 20 heavy (non-hydrogen) atoms. The third kappa shape index (κ3) is 3.96. The molecule has 0 aliphatic carbocycles. The Morgan fingerprint density at radius 2 is 2.05 bits per heavy atom. The highest BCUT2D eigenvalue weighted by molar-refractivity contribution is 9.10. The van der Waals surface area contributed by atoms with Crippen molar-refractivity contribution in [2.75, 3.05) is 6.61 Å². The van der Waals surface area contributed by atoms with Crippen molar-refractivity contribution in [3.8, 4) is 11.5 Å². The Bertz CT molecular complexity index is 576. The lowest BCUT2D eigenvalue weighted by molar-refractivity contribution is 0.267. The zero-order valence-corrected chi connectivity index (χ0v) is 14.3. The third-order valence-electron chi connectivity index (χ3n) is 2.65. The summed E-state index contributed by atoms with van der Waals surface area (Å²) in [6, 6.07) is 7.90. The van der Waals surface area contributed by atoms with Crippen LogP contribution in [0.5, 0.6) is 11.5 Å². The van der Waals surface area contributed by atoms with Gasteiger partial charge in [-0.3, -0.25) is 4.98 Å². The summed E-state index contributed by atoms with van der Waals surface area (Å²) in [6.07, 6.45) is 3.55. The SMILES string of the molecule is CCOc1cccc(CBr)c1OCc1cncc(Br)c1. The molecular formula is C15H15Br2NO2. The first-order valence-corrected chi connectivity index (χ1v) is 8.19. The number of rotatable bonds is 6. The van der Waals surface area contributed by atoms with E-state index in [0.717, 1.165) is 32.4 Å². The van der Waals surface area contributed by atoms with Gasteiger partial charge < -0.3 is 9.47 Å². The normalized spacial score (nSPS) is 10.3. The maximum absolute atomic E-state index is 5.94. The van der Waals surface area contributed by atoms with Gasteiger partial charge in [0, 0.05) is 33.3 Å². The van der Waals surface area contributed by atoms with Gasteiger partial charge in [0.1, 0.15) is 6.61 Å². The summed E-state index contributed by atoms with van der Waals surface area (Å²) in [5, 5.41) is 0.722. The summed E-state index contributed by atoms with van der Waals surface area (Å²) in [6.45, 7) is 3.03. The van der Waals surface area contributed by atoms with Crippen molar-refractivity contribution in [3.63, 3.8) is 0 Å². The number of alkyl halides is 1. The van der Waals surface area contributed by atoms with Gasteiger partial charge in [-0.1, -0.05) is 28.1 Å². The highest BCUT2D eigenvalue weighted by Gasteiger charge is 2.10. The minimum Gasteiger partial charge on any atom is -0.490 e. The second-order valence-electron chi connectivity index (χ2n) is 4.11. The van der Waals surface area contributed by atoms with E-state index in [0.29, 0.717) is 13.2 Å². The first-order chi connectivity index (χ1) is 9.74. The van der Waals surface area contributed by atoms with Crippen molar-refractivity contribution in [1.82, 2.24) is 4.98 Å². The fourth-order valence-electron chi connectivity index (χ4n) is 1.79. The summed E-state index contributed by atoms with van der Waals surface area (Å²) >= 11 is 6.88. The van der Waals surface area contributed by atoms with Gasteiger partial charge in [0.2, 0.25) is 0 Å². The van der Waals surface area contributed by atoms with E-state index >= 15 is 0 Å². The van der Waals surface area contributed by atoms with Gasteiger partial charge in [0.15, 0.2) is 11.5 Å². The van der Waals surface area contributed by atoms with E-state index in [2.05, 4.69) is 36.8 Å². The predicted octanol–water partition coefficient (Wildman–Crippen LogP) is 4.72. The molecule has 0 aliphatic heterocycles. The Balaban J connectivity index is 2.19. The van der Waals surface area contributed by atoms with E-state index in [1.807, 2.05) is 31.2 Å². The molecule has 0 unspecified atom stereocenters. The number of para-hydroxylation sites is 1. The zero-order valence-electron chi connectivity index (χ0n) is 11.1. The van der Waals surface area contributed by atoms with E-state index in [1.54, 1.807) is 12.4 Å². The molecule has 5 heteroatoms. The van der Waals surface area contributed by atoms with Crippen LogP contribution in [0.25, 0.3) is 0 Å². The van der Waals surface area contributed by atoms with Gasteiger partial charge in [0.05, 0.1) is 6.61 Å². The second kappa shape index (κ2) is 7.64. The van der Waals surface area contributed by atoms with Gasteiger partial charge in [-0.05, 0) is 35.0 Å². The second-order valence-corrected chi connectivity index (χ2v) is 5.59. The number of hydrogen-bond donors (Lipinski definition) is 0. The molecule has 0 saturated heterocycles. The van der Waals surface area contributed by atoms with Crippen molar-refractivity contribution in [1.29, 1.82) is 0 Å². The number of ether oxygens (including phenoxy) is 2. The molecule has 0 spiro atoms. The zero-order chi connectivity index (χ0) is 14.4. The number of halogens is 2. The average Bonchev–Trinajstić information content (AvgIpc) is 2.46. The number of hydrogen-bond acceptors (Lipinski definition) is 3. The molecule has 2 rings (SSSR count). The van der Waals surface area contributed by atoms with Crippen LogP contribution in [0.4, 0.5) is 0 Å². The first kappa shape index (κ1) is 15.3. The molecular weight excluding hydrogens is 386 g/mol. The topological polar surface area (TPSA) is 31.4 Å². The number of aromatic nitrogens is 1. The lowest BCUT2D eigenvalue weighted by Crippen LogP contribution is -2.02. The van der Waals surface area contributed by atoms with Crippen molar-refractivity contribution in [2.45, 2.75) is 18.9 Å². The smallest absolute Gasteiger partial charge is 0.165 e. The first-order valence-electron chi connectivity index (χ1n) is 6.27. The van der Waals surface area contributed by atoms with Crippen LogP contribution < -0.4 is 9.47 Å². The molecule has 2 aromatic rings. The lowest BCUT2D eigenvalue weighted by atomic mass is 10.2. The van der Waals surface area contributed by atoms with E-state index in [9.17, 15) is 0 Å². The van der Waals surface area contributed by atoms with Gasteiger partial charge in [0.25, 0.3) is 0 Å². The Kier molecular flexibility index (Phi) is 5.86. The fraction of sp³-hybridized carbons (Fsp3) is 0.267. The summed E-state index contributed by atoms with van der Waals surface area (Å²) < 4.78 is 12.5. The van der Waals surface area contributed by atoms with Crippen LogP contribution in [0.1, 0.15) is 18.1 Å². The summed E-state index contributed by atoms with van der Waals surface area (Å²) in [7, 11) is 0. The maximum Gasteiger partial charge on any atom is 0.165 e. The van der Waals surface area contributed by atoms with Gasteiger partial charge >= 0.3 is 0 Å². The van der Waals surface area contributed by atoms with Crippen LogP contribution in [-0.4, -0.2) is 11.6 Å². The van der Waals surface area contributed by atoms with E-state index in [1.165, 1.54) is 0 Å². The van der Waals surface area contributed by atoms with E-state index in [-0.39, 0.29) is 0 Å². The van der Waals surface area contributed by atoms with Crippen LogP contribution in [0.3, 0.4) is 0 Å². The lowest BCUT2D eigenvalue weighted by Gasteiger charge is -2.15.